The van der Waals surface area contributed by atoms with Crippen molar-refractivity contribution in [2.24, 2.45) is 0 Å². The number of carbonyl (C=O) groups excluding carboxylic acids is 2. The van der Waals surface area contributed by atoms with Crippen LogP contribution < -0.4 is 9.64 Å². The van der Waals surface area contributed by atoms with Crippen LogP contribution in [0.25, 0.3) is 0 Å². The summed E-state index contributed by atoms with van der Waals surface area (Å²) < 4.78 is 49.7. The molecule has 1 heterocycles. The Morgan fingerprint density at radius 2 is 1.72 bits per heavy atom. The molecule has 2 aliphatic rings. The standard InChI is InChI=1S/C30H28F3NO4S/c1-2-37-28(35)17-38-26-14-15-27(23-8-4-3-7-22(23)26)39-18-19-6-5-9-24-25(19)16-34(29(24)36)21-12-10-20(11-13-21)30(31,32)33/h5-6,9-15H,2-4,7-8,16-18H2,1H3. The first-order valence-electron chi connectivity index (χ1n) is 12.9. The van der Waals surface area contributed by atoms with Crippen LogP contribution in [0.1, 0.15) is 57.9 Å². The van der Waals surface area contributed by atoms with Crippen LogP contribution in [0.5, 0.6) is 5.75 Å². The van der Waals surface area contributed by atoms with Crippen molar-refractivity contribution in [3.63, 3.8) is 0 Å². The van der Waals surface area contributed by atoms with Crippen molar-refractivity contribution >= 4 is 29.3 Å². The number of halogens is 3. The van der Waals surface area contributed by atoms with Crippen LogP contribution in [0, 0.1) is 0 Å². The van der Waals surface area contributed by atoms with Crippen LogP contribution in [0.2, 0.25) is 0 Å². The molecule has 0 aromatic heterocycles. The van der Waals surface area contributed by atoms with Crippen molar-refractivity contribution in [2.45, 2.75) is 56.0 Å². The Balaban J connectivity index is 1.33. The molecule has 0 radical (unpaired) electrons. The number of rotatable bonds is 8. The highest BCUT2D eigenvalue weighted by atomic mass is 32.2. The summed E-state index contributed by atoms with van der Waals surface area (Å²) in [6.07, 6.45) is -0.462. The quantitative estimate of drug-likeness (QED) is 0.222. The molecule has 0 spiro atoms. The Bertz CT molecular complexity index is 1390. The van der Waals surface area contributed by atoms with Crippen LogP contribution in [0.3, 0.4) is 0 Å². The topological polar surface area (TPSA) is 55.8 Å². The van der Waals surface area contributed by atoms with Crippen LogP contribution in [-0.2, 0) is 40.8 Å². The highest BCUT2D eigenvalue weighted by Crippen LogP contribution is 2.40. The van der Waals surface area contributed by atoms with E-state index in [4.69, 9.17) is 9.47 Å². The lowest BCUT2D eigenvalue weighted by atomic mass is 9.91. The Kier molecular flexibility index (Phi) is 7.88. The van der Waals surface area contributed by atoms with Crippen molar-refractivity contribution in [1.29, 1.82) is 0 Å². The number of carbonyl (C=O) groups is 2. The van der Waals surface area contributed by atoms with Crippen LogP contribution in [0.4, 0.5) is 18.9 Å². The Labute approximate surface area is 229 Å². The van der Waals surface area contributed by atoms with Gasteiger partial charge in [-0.2, -0.15) is 13.2 Å². The Morgan fingerprint density at radius 3 is 2.44 bits per heavy atom. The maximum absolute atomic E-state index is 13.1. The number of alkyl halides is 3. The number of hydrogen-bond acceptors (Lipinski definition) is 5. The fraction of sp³-hybridized carbons (Fsp3) is 0.333. The first-order chi connectivity index (χ1) is 18.8. The first-order valence-corrected chi connectivity index (χ1v) is 13.9. The second-order valence-electron chi connectivity index (χ2n) is 9.49. The van der Waals surface area contributed by atoms with Gasteiger partial charge in [-0.1, -0.05) is 12.1 Å². The highest BCUT2D eigenvalue weighted by Gasteiger charge is 2.33. The number of amides is 1. The number of benzene rings is 3. The van der Waals surface area contributed by atoms with Gasteiger partial charge < -0.3 is 14.4 Å². The largest absolute Gasteiger partial charge is 0.482 e. The zero-order valence-corrected chi connectivity index (χ0v) is 22.3. The lowest BCUT2D eigenvalue weighted by Crippen LogP contribution is -2.23. The van der Waals surface area contributed by atoms with E-state index in [-0.39, 0.29) is 12.5 Å². The molecule has 0 N–H and O–H groups in total. The lowest BCUT2D eigenvalue weighted by Gasteiger charge is -2.22. The molecule has 39 heavy (non-hydrogen) atoms. The third-order valence-electron chi connectivity index (χ3n) is 7.05. The first kappa shape index (κ1) is 27.1. The normalized spacial score (nSPS) is 14.7. The fourth-order valence-electron chi connectivity index (χ4n) is 5.14. The van der Waals surface area contributed by atoms with Gasteiger partial charge in [-0.25, -0.2) is 4.79 Å². The average molecular weight is 556 g/mol. The zero-order valence-electron chi connectivity index (χ0n) is 21.5. The van der Waals surface area contributed by atoms with Crippen LogP contribution in [0.15, 0.2) is 59.5 Å². The SMILES string of the molecule is CCOC(=O)COc1ccc(SCc2cccc3c2CN(c2ccc(C(F)(F)F)cc2)C3=O)c2c1CCCC2. The molecule has 5 nitrogen and oxygen atoms in total. The summed E-state index contributed by atoms with van der Waals surface area (Å²) in [6.45, 7) is 2.27. The van der Waals surface area contributed by atoms with E-state index < -0.39 is 17.7 Å². The van der Waals surface area contributed by atoms with Gasteiger partial charge in [0, 0.05) is 21.9 Å². The second kappa shape index (κ2) is 11.3. The number of thioether (sulfide) groups is 1. The van der Waals surface area contributed by atoms with E-state index in [1.165, 1.54) is 22.6 Å². The molecule has 1 aliphatic carbocycles. The summed E-state index contributed by atoms with van der Waals surface area (Å²) in [7, 11) is 0. The molecule has 0 fully saturated rings. The second-order valence-corrected chi connectivity index (χ2v) is 10.5. The highest BCUT2D eigenvalue weighted by molar-refractivity contribution is 7.98. The number of nitrogens with zero attached hydrogens (tertiary/aromatic N) is 1. The zero-order chi connectivity index (χ0) is 27.6. The molecule has 3 aromatic carbocycles. The maximum atomic E-state index is 13.1. The van der Waals surface area contributed by atoms with Gasteiger partial charge in [0.15, 0.2) is 6.61 Å². The van der Waals surface area contributed by atoms with Gasteiger partial charge in [-0.3, -0.25) is 4.79 Å². The molecular weight excluding hydrogens is 527 g/mol. The number of anilines is 1. The molecule has 0 atom stereocenters. The monoisotopic (exact) mass is 555 g/mol. The molecular formula is C30H28F3NO4S. The maximum Gasteiger partial charge on any atom is 0.416 e. The van der Waals surface area contributed by atoms with Gasteiger partial charge in [0.25, 0.3) is 5.91 Å². The van der Waals surface area contributed by atoms with E-state index in [1.54, 1.807) is 24.8 Å². The number of esters is 1. The predicted octanol–water partition coefficient (Wildman–Crippen LogP) is 6.98. The van der Waals surface area contributed by atoms with Gasteiger partial charge in [-0.15, -0.1) is 11.8 Å². The minimum atomic E-state index is -4.43. The average Bonchev–Trinajstić information content (AvgIpc) is 3.27. The molecule has 0 saturated carbocycles. The van der Waals surface area contributed by atoms with E-state index in [0.717, 1.165) is 65.2 Å². The number of fused-ring (bicyclic) bond motifs is 2. The summed E-state index contributed by atoms with van der Waals surface area (Å²) in [4.78, 5) is 27.6. The van der Waals surface area contributed by atoms with Crippen molar-refractivity contribution in [3.8, 4) is 5.75 Å². The van der Waals surface area contributed by atoms with Gasteiger partial charge in [-0.05, 0) is 97.3 Å². The summed E-state index contributed by atoms with van der Waals surface area (Å²) in [6, 6.07) is 14.3. The van der Waals surface area contributed by atoms with E-state index in [1.807, 2.05) is 24.3 Å². The third-order valence-corrected chi connectivity index (χ3v) is 8.20. The summed E-state index contributed by atoms with van der Waals surface area (Å²) in [5.74, 6) is 0.767. The molecule has 0 unspecified atom stereocenters. The van der Waals surface area contributed by atoms with E-state index in [0.29, 0.717) is 30.2 Å². The van der Waals surface area contributed by atoms with Gasteiger partial charge in [0.2, 0.25) is 0 Å². The molecule has 0 saturated heterocycles. The van der Waals surface area contributed by atoms with Crippen molar-refractivity contribution in [1.82, 2.24) is 0 Å². The molecule has 1 aliphatic heterocycles. The molecule has 1 amide bonds. The molecule has 3 aromatic rings. The minimum Gasteiger partial charge on any atom is -0.482 e. The van der Waals surface area contributed by atoms with E-state index >= 15 is 0 Å². The molecule has 204 valence electrons. The summed E-state index contributed by atoms with van der Waals surface area (Å²) in [5, 5.41) is 0. The molecule has 0 bridgehead atoms. The number of hydrogen-bond donors (Lipinski definition) is 0. The molecule has 9 heteroatoms. The minimum absolute atomic E-state index is 0.119. The van der Waals surface area contributed by atoms with E-state index in [2.05, 4.69) is 0 Å². The smallest absolute Gasteiger partial charge is 0.416 e. The Hall–Kier alpha value is -3.46. The van der Waals surface area contributed by atoms with Gasteiger partial charge in [0.1, 0.15) is 5.75 Å². The van der Waals surface area contributed by atoms with Gasteiger partial charge >= 0.3 is 12.1 Å². The summed E-state index contributed by atoms with van der Waals surface area (Å²) >= 11 is 1.70. The fourth-order valence-corrected chi connectivity index (χ4v) is 6.28. The van der Waals surface area contributed by atoms with Crippen LogP contribution >= 0.6 is 11.8 Å². The van der Waals surface area contributed by atoms with Crippen LogP contribution in [-0.4, -0.2) is 25.1 Å². The number of ether oxygens (including phenoxy) is 2. The predicted molar refractivity (Wildman–Crippen MR) is 143 cm³/mol. The summed E-state index contributed by atoms with van der Waals surface area (Å²) in [5.41, 5.74) is 4.58. The molecule has 5 rings (SSSR count). The van der Waals surface area contributed by atoms with E-state index in [9.17, 15) is 22.8 Å². The van der Waals surface area contributed by atoms with Crippen molar-refractivity contribution in [3.05, 3.63) is 88.0 Å². The van der Waals surface area contributed by atoms with Crippen molar-refractivity contribution < 1.29 is 32.2 Å². The van der Waals surface area contributed by atoms with Crippen molar-refractivity contribution in [2.75, 3.05) is 18.1 Å². The Morgan fingerprint density at radius 1 is 0.974 bits per heavy atom. The third kappa shape index (κ3) is 5.78. The lowest BCUT2D eigenvalue weighted by molar-refractivity contribution is -0.145. The van der Waals surface area contributed by atoms with Gasteiger partial charge in [0.05, 0.1) is 18.7 Å².